The van der Waals surface area contributed by atoms with Crippen molar-refractivity contribution in [3.05, 3.63) is 63.1 Å². The van der Waals surface area contributed by atoms with Gasteiger partial charge < -0.3 is 4.74 Å². The highest BCUT2D eigenvalue weighted by Crippen LogP contribution is 2.36. The van der Waals surface area contributed by atoms with Crippen LogP contribution in [0.1, 0.15) is 28.2 Å². The van der Waals surface area contributed by atoms with Gasteiger partial charge in [-0.2, -0.15) is 0 Å². The Morgan fingerprint density at radius 2 is 2.10 bits per heavy atom. The fourth-order valence-electron chi connectivity index (χ4n) is 3.06. The molecule has 1 unspecified atom stereocenters. The third kappa shape index (κ3) is 3.12. The van der Waals surface area contributed by atoms with Gasteiger partial charge in [-0.3, -0.25) is 0 Å². The predicted molar refractivity (Wildman–Crippen MR) is 91.7 cm³/mol. The van der Waals surface area contributed by atoms with E-state index < -0.39 is 0 Å². The Morgan fingerprint density at radius 1 is 1.29 bits per heavy atom. The van der Waals surface area contributed by atoms with E-state index in [1.54, 1.807) is 0 Å². The topological polar surface area (TPSA) is 9.23 Å². The average Bonchev–Trinajstić information content (AvgIpc) is 2.93. The van der Waals surface area contributed by atoms with Crippen LogP contribution in [-0.2, 0) is 12.8 Å². The summed E-state index contributed by atoms with van der Waals surface area (Å²) >= 11 is 9.87. The first-order valence-electron chi connectivity index (χ1n) is 7.24. The van der Waals surface area contributed by atoms with Crippen molar-refractivity contribution in [3.63, 3.8) is 0 Å². The third-order valence-electron chi connectivity index (χ3n) is 4.11. The molecule has 1 aliphatic heterocycles. The van der Waals surface area contributed by atoms with E-state index in [1.165, 1.54) is 22.3 Å². The number of fused-ring (bicyclic) bond motifs is 1. The number of rotatable bonds is 4. The standard InChI is InChI=1S/C18H18BrClO/c1-12-4-2-3-5-17(12)15(11-20)8-14-10-16(19)9-13-6-7-21-18(13)14/h2-5,9-10,15H,6-8,11H2,1H3. The zero-order chi connectivity index (χ0) is 14.8. The summed E-state index contributed by atoms with van der Waals surface area (Å²) in [5, 5.41) is 0. The van der Waals surface area contributed by atoms with Crippen molar-refractivity contribution >= 4 is 27.5 Å². The number of hydrogen-bond donors (Lipinski definition) is 0. The molecule has 0 radical (unpaired) electrons. The fraction of sp³-hybridized carbons (Fsp3) is 0.333. The molecule has 110 valence electrons. The van der Waals surface area contributed by atoms with Crippen LogP contribution in [0.15, 0.2) is 40.9 Å². The van der Waals surface area contributed by atoms with Crippen LogP contribution in [0.2, 0.25) is 0 Å². The van der Waals surface area contributed by atoms with Gasteiger partial charge in [-0.25, -0.2) is 0 Å². The summed E-state index contributed by atoms with van der Waals surface area (Å²) in [6, 6.07) is 12.8. The molecule has 0 aliphatic carbocycles. The molecule has 1 heterocycles. The minimum absolute atomic E-state index is 0.315. The zero-order valence-corrected chi connectivity index (χ0v) is 14.4. The number of hydrogen-bond acceptors (Lipinski definition) is 1. The SMILES string of the molecule is Cc1ccccc1C(CCl)Cc1cc(Br)cc2c1OCC2. The van der Waals surface area contributed by atoms with Crippen molar-refractivity contribution in [3.8, 4) is 5.75 Å². The van der Waals surface area contributed by atoms with E-state index in [1.807, 2.05) is 0 Å². The Kier molecular flexibility index (Phi) is 4.56. The molecular formula is C18H18BrClO. The second kappa shape index (κ2) is 6.41. The van der Waals surface area contributed by atoms with Crippen LogP contribution < -0.4 is 4.74 Å². The number of alkyl halides is 1. The first-order valence-corrected chi connectivity index (χ1v) is 8.57. The first-order chi connectivity index (χ1) is 10.2. The minimum atomic E-state index is 0.315. The molecule has 0 aromatic heterocycles. The van der Waals surface area contributed by atoms with E-state index in [0.29, 0.717) is 11.8 Å². The fourth-order valence-corrected chi connectivity index (χ4v) is 3.88. The van der Waals surface area contributed by atoms with Crippen LogP contribution in [-0.4, -0.2) is 12.5 Å². The van der Waals surface area contributed by atoms with Crippen LogP contribution in [0.3, 0.4) is 0 Å². The van der Waals surface area contributed by atoms with Gasteiger partial charge in [-0.1, -0.05) is 40.2 Å². The second-order valence-electron chi connectivity index (χ2n) is 5.56. The Morgan fingerprint density at radius 3 is 2.86 bits per heavy atom. The minimum Gasteiger partial charge on any atom is -0.493 e. The van der Waals surface area contributed by atoms with Gasteiger partial charge >= 0.3 is 0 Å². The molecule has 0 amide bonds. The Bertz CT molecular complexity index is 654. The van der Waals surface area contributed by atoms with Crippen LogP contribution in [0.25, 0.3) is 0 Å². The van der Waals surface area contributed by atoms with Gasteiger partial charge in [-0.05, 0) is 47.7 Å². The first kappa shape index (κ1) is 14.9. The molecule has 2 aromatic rings. The molecule has 0 N–H and O–H groups in total. The van der Waals surface area contributed by atoms with Gasteiger partial charge in [0.05, 0.1) is 6.61 Å². The van der Waals surface area contributed by atoms with Gasteiger partial charge in [0.2, 0.25) is 0 Å². The summed E-state index contributed by atoms with van der Waals surface area (Å²) in [7, 11) is 0. The normalized spacial score (nSPS) is 14.6. The Balaban J connectivity index is 1.94. The number of halogens is 2. The highest BCUT2D eigenvalue weighted by atomic mass is 79.9. The largest absolute Gasteiger partial charge is 0.493 e. The molecule has 0 saturated carbocycles. The summed E-state index contributed by atoms with van der Waals surface area (Å²) in [6.45, 7) is 2.94. The highest BCUT2D eigenvalue weighted by Gasteiger charge is 2.21. The number of ether oxygens (including phenoxy) is 1. The quantitative estimate of drug-likeness (QED) is 0.672. The monoisotopic (exact) mass is 364 g/mol. The average molecular weight is 366 g/mol. The maximum atomic E-state index is 6.26. The molecule has 3 heteroatoms. The molecule has 21 heavy (non-hydrogen) atoms. The molecule has 0 spiro atoms. The third-order valence-corrected chi connectivity index (χ3v) is 4.94. The van der Waals surface area contributed by atoms with E-state index in [2.05, 4.69) is 59.3 Å². The lowest BCUT2D eigenvalue weighted by atomic mass is 9.89. The summed E-state index contributed by atoms with van der Waals surface area (Å²) < 4.78 is 6.96. The van der Waals surface area contributed by atoms with E-state index in [9.17, 15) is 0 Å². The van der Waals surface area contributed by atoms with Gasteiger partial charge in [0.1, 0.15) is 5.75 Å². The molecule has 2 aromatic carbocycles. The van der Waals surface area contributed by atoms with Crippen molar-refractivity contribution in [1.82, 2.24) is 0 Å². The van der Waals surface area contributed by atoms with Gasteiger partial charge in [0.25, 0.3) is 0 Å². The lowest BCUT2D eigenvalue weighted by molar-refractivity contribution is 0.352. The summed E-state index contributed by atoms with van der Waals surface area (Å²) in [5.74, 6) is 2.00. The van der Waals surface area contributed by atoms with Gasteiger partial charge in [0.15, 0.2) is 0 Å². The molecule has 1 nitrogen and oxygen atoms in total. The van der Waals surface area contributed by atoms with Crippen molar-refractivity contribution in [1.29, 1.82) is 0 Å². The van der Waals surface area contributed by atoms with E-state index >= 15 is 0 Å². The molecule has 0 saturated heterocycles. The highest BCUT2D eigenvalue weighted by molar-refractivity contribution is 9.10. The zero-order valence-electron chi connectivity index (χ0n) is 12.0. The number of benzene rings is 2. The van der Waals surface area contributed by atoms with Crippen molar-refractivity contribution in [2.75, 3.05) is 12.5 Å². The lowest BCUT2D eigenvalue weighted by Gasteiger charge is -2.18. The Hall–Kier alpha value is -0.990. The van der Waals surface area contributed by atoms with Crippen molar-refractivity contribution in [2.45, 2.75) is 25.7 Å². The number of aryl methyl sites for hydroxylation is 1. The summed E-state index contributed by atoms with van der Waals surface area (Å²) in [5.41, 5.74) is 5.19. The van der Waals surface area contributed by atoms with Gasteiger partial charge in [-0.15, -0.1) is 11.6 Å². The molecule has 1 atom stereocenters. The molecule has 1 aliphatic rings. The van der Waals surface area contributed by atoms with Gasteiger partial charge in [0, 0.05) is 22.7 Å². The lowest BCUT2D eigenvalue weighted by Crippen LogP contribution is -2.07. The smallest absolute Gasteiger partial charge is 0.125 e. The molecule has 0 fully saturated rings. The summed E-state index contributed by atoms with van der Waals surface area (Å²) in [4.78, 5) is 0. The van der Waals surface area contributed by atoms with Crippen molar-refractivity contribution < 1.29 is 4.74 Å². The van der Waals surface area contributed by atoms with E-state index in [-0.39, 0.29) is 0 Å². The predicted octanol–water partition coefficient (Wildman–Crippen LogP) is 5.26. The van der Waals surface area contributed by atoms with E-state index in [0.717, 1.165) is 29.7 Å². The van der Waals surface area contributed by atoms with E-state index in [4.69, 9.17) is 16.3 Å². The summed E-state index contributed by atoms with van der Waals surface area (Å²) in [6.07, 6.45) is 1.91. The second-order valence-corrected chi connectivity index (χ2v) is 6.79. The van der Waals surface area contributed by atoms with Crippen LogP contribution in [0, 0.1) is 6.92 Å². The molecule has 0 bridgehead atoms. The Labute approximate surface area is 139 Å². The van der Waals surface area contributed by atoms with Crippen molar-refractivity contribution in [2.24, 2.45) is 0 Å². The molecular weight excluding hydrogens is 348 g/mol. The van der Waals surface area contributed by atoms with Crippen LogP contribution in [0.4, 0.5) is 0 Å². The maximum absolute atomic E-state index is 6.26. The molecule has 3 rings (SSSR count). The maximum Gasteiger partial charge on any atom is 0.125 e. The van der Waals surface area contributed by atoms with Crippen LogP contribution in [0.5, 0.6) is 5.75 Å². The van der Waals surface area contributed by atoms with Crippen LogP contribution >= 0.6 is 27.5 Å².